The van der Waals surface area contributed by atoms with Gasteiger partial charge in [0.05, 0.1) is 11.1 Å². The van der Waals surface area contributed by atoms with Crippen LogP contribution in [0.4, 0.5) is 18.0 Å². The van der Waals surface area contributed by atoms with Gasteiger partial charge in [-0.3, -0.25) is 4.79 Å². The van der Waals surface area contributed by atoms with Gasteiger partial charge in [-0.1, -0.05) is 0 Å². The lowest BCUT2D eigenvalue weighted by atomic mass is 10.0. The minimum Gasteiger partial charge on any atom is -0.444 e. The van der Waals surface area contributed by atoms with Crippen molar-refractivity contribution >= 4 is 34.6 Å². The molecule has 1 heterocycles. The van der Waals surface area contributed by atoms with Gasteiger partial charge in [0.1, 0.15) is 5.60 Å². The number of piperidine rings is 1. The predicted molar refractivity (Wildman–Crippen MR) is 107 cm³/mol. The van der Waals surface area contributed by atoms with Gasteiger partial charge in [0.25, 0.3) is 5.91 Å². The van der Waals surface area contributed by atoms with Crippen LogP contribution in [0.25, 0.3) is 0 Å². The van der Waals surface area contributed by atoms with E-state index in [2.05, 4.69) is 0 Å². The predicted octanol–water partition coefficient (Wildman–Crippen LogP) is 4.78. The van der Waals surface area contributed by atoms with Crippen molar-refractivity contribution in [1.82, 2.24) is 9.80 Å². The molecule has 1 aromatic carbocycles. The van der Waals surface area contributed by atoms with Crippen LogP contribution in [0.1, 0.15) is 49.5 Å². The molecule has 2 amide bonds. The Labute approximate surface area is 176 Å². The van der Waals surface area contributed by atoms with Gasteiger partial charge in [0, 0.05) is 29.7 Å². The van der Waals surface area contributed by atoms with Crippen LogP contribution in [0, 0.1) is 3.57 Å². The molecule has 0 atom stereocenters. The molecule has 0 N–H and O–H groups in total. The number of halogens is 4. The first-order valence-electron chi connectivity index (χ1n) is 8.91. The third-order valence-electron chi connectivity index (χ3n) is 4.50. The summed E-state index contributed by atoms with van der Waals surface area (Å²) in [6.07, 6.45) is -4.09. The van der Waals surface area contributed by atoms with Crippen LogP contribution in [0.2, 0.25) is 0 Å². The average Bonchev–Trinajstić information content (AvgIpc) is 2.58. The van der Waals surface area contributed by atoms with Gasteiger partial charge in [-0.25, -0.2) is 4.79 Å². The van der Waals surface area contributed by atoms with Gasteiger partial charge in [-0.05, 0) is 74.4 Å². The van der Waals surface area contributed by atoms with Crippen LogP contribution in [0.15, 0.2) is 18.2 Å². The monoisotopic (exact) mass is 512 g/mol. The minimum absolute atomic E-state index is 0.127. The molecule has 0 saturated carbocycles. The molecule has 0 bridgehead atoms. The zero-order chi connectivity index (χ0) is 21.3. The first-order valence-corrected chi connectivity index (χ1v) is 9.99. The molecule has 1 fully saturated rings. The number of benzene rings is 1. The Hall–Kier alpha value is -1.52. The van der Waals surface area contributed by atoms with Crippen LogP contribution in [-0.4, -0.2) is 53.6 Å². The van der Waals surface area contributed by atoms with Gasteiger partial charge < -0.3 is 14.5 Å². The Kier molecular flexibility index (Phi) is 6.88. The van der Waals surface area contributed by atoms with Crippen LogP contribution in [0.3, 0.4) is 0 Å². The molecule has 1 aliphatic rings. The lowest BCUT2D eigenvalue weighted by Gasteiger charge is -2.37. The summed E-state index contributed by atoms with van der Waals surface area (Å²) in [5.74, 6) is -0.637. The number of ether oxygens (including phenoxy) is 1. The zero-order valence-corrected chi connectivity index (χ0v) is 18.4. The zero-order valence-electron chi connectivity index (χ0n) is 16.3. The fraction of sp³-hybridized carbons (Fsp3) is 0.579. The molecular formula is C19H24F3IN2O3. The number of likely N-dealkylation sites (tertiary alicyclic amines) is 1. The summed E-state index contributed by atoms with van der Waals surface area (Å²) in [6.45, 7) is 5.89. The van der Waals surface area contributed by atoms with E-state index in [1.807, 2.05) is 0 Å². The summed E-state index contributed by atoms with van der Waals surface area (Å²) in [4.78, 5) is 27.8. The SMILES string of the molecule is CN(C(=O)OC(C)(C)C)C1CCN(C(=O)c2ccc(I)cc2C(F)(F)F)CC1. The van der Waals surface area contributed by atoms with Gasteiger partial charge in [-0.15, -0.1) is 0 Å². The summed E-state index contributed by atoms with van der Waals surface area (Å²) < 4.78 is 45.7. The van der Waals surface area contributed by atoms with Crippen LogP contribution < -0.4 is 0 Å². The number of hydrogen-bond donors (Lipinski definition) is 0. The van der Waals surface area contributed by atoms with Crippen molar-refractivity contribution in [3.05, 3.63) is 32.9 Å². The van der Waals surface area contributed by atoms with Crippen LogP contribution in [0.5, 0.6) is 0 Å². The largest absolute Gasteiger partial charge is 0.444 e. The van der Waals surface area contributed by atoms with E-state index in [1.54, 1.807) is 50.4 Å². The number of hydrogen-bond acceptors (Lipinski definition) is 3. The number of amides is 2. The molecule has 9 heteroatoms. The normalized spacial score (nSPS) is 16.1. The molecule has 0 radical (unpaired) electrons. The second-order valence-corrected chi connectivity index (χ2v) is 9.05. The maximum atomic E-state index is 13.3. The second-order valence-electron chi connectivity index (χ2n) is 7.80. The van der Waals surface area contributed by atoms with E-state index in [0.717, 1.165) is 6.07 Å². The fourth-order valence-corrected chi connectivity index (χ4v) is 3.54. The molecule has 2 rings (SSSR count). The van der Waals surface area contributed by atoms with Crippen molar-refractivity contribution in [2.24, 2.45) is 0 Å². The number of rotatable bonds is 2. The summed E-state index contributed by atoms with van der Waals surface area (Å²) in [5, 5.41) is 0. The Morgan fingerprint density at radius 1 is 1.18 bits per heavy atom. The number of alkyl halides is 3. The molecule has 0 aliphatic carbocycles. The van der Waals surface area contributed by atoms with Gasteiger partial charge in [-0.2, -0.15) is 13.2 Å². The van der Waals surface area contributed by atoms with Crippen molar-refractivity contribution in [2.45, 2.75) is 51.4 Å². The Morgan fingerprint density at radius 2 is 1.75 bits per heavy atom. The Morgan fingerprint density at radius 3 is 2.25 bits per heavy atom. The van der Waals surface area contributed by atoms with Crippen LogP contribution >= 0.6 is 22.6 Å². The second kappa shape index (κ2) is 8.46. The maximum absolute atomic E-state index is 13.3. The molecule has 1 saturated heterocycles. The summed E-state index contributed by atoms with van der Waals surface area (Å²) in [6, 6.07) is 3.58. The van der Waals surface area contributed by atoms with E-state index >= 15 is 0 Å². The van der Waals surface area contributed by atoms with Crippen molar-refractivity contribution in [2.75, 3.05) is 20.1 Å². The molecule has 156 valence electrons. The Balaban J connectivity index is 2.06. The van der Waals surface area contributed by atoms with Gasteiger partial charge >= 0.3 is 12.3 Å². The molecule has 28 heavy (non-hydrogen) atoms. The van der Waals surface area contributed by atoms with Crippen molar-refractivity contribution in [3.63, 3.8) is 0 Å². The molecule has 1 aromatic rings. The standard InChI is InChI=1S/C19H24F3IN2O3/c1-18(2,3)28-17(27)24(4)13-7-9-25(10-8-13)16(26)14-6-5-12(23)11-15(14)19(20,21)22/h5-6,11,13H,7-10H2,1-4H3. The van der Waals surface area contributed by atoms with Gasteiger partial charge in [0.2, 0.25) is 0 Å². The lowest BCUT2D eigenvalue weighted by Crippen LogP contribution is -2.48. The molecular weight excluding hydrogens is 488 g/mol. The lowest BCUT2D eigenvalue weighted by molar-refractivity contribution is -0.138. The maximum Gasteiger partial charge on any atom is 0.417 e. The minimum atomic E-state index is -4.60. The molecule has 0 spiro atoms. The van der Waals surface area contributed by atoms with E-state index in [1.165, 1.54) is 21.9 Å². The third kappa shape index (κ3) is 5.74. The summed E-state index contributed by atoms with van der Waals surface area (Å²) in [7, 11) is 1.64. The van der Waals surface area contributed by atoms with Crippen molar-refractivity contribution in [3.8, 4) is 0 Å². The average molecular weight is 512 g/mol. The van der Waals surface area contributed by atoms with Gasteiger partial charge in [0.15, 0.2) is 0 Å². The quantitative estimate of drug-likeness (QED) is 0.537. The summed E-state index contributed by atoms with van der Waals surface area (Å²) in [5.41, 5.74) is -1.87. The van der Waals surface area contributed by atoms with E-state index < -0.39 is 29.3 Å². The molecule has 1 aliphatic heterocycles. The topological polar surface area (TPSA) is 49.9 Å². The van der Waals surface area contributed by atoms with E-state index in [0.29, 0.717) is 16.4 Å². The smallest absolute Gasteiger partial charge is 0.417 e. The molecule has 0 aromatic heterocycles. The number of nitrogens with zero attached hydrogens (tertiary/aromatic N) is 2. The third-order valence-corrected chi connectivity index (χ3v) is 5.17. The first kappa shape index (κ1) is 22.8. The highest BCUT2D eigenvalue weighted by Gasteiger charge is 2.37. The van der Waals surface area contributed by atoms with Crippen molar-refractivity contribution in [1.29, 1.82) is 0 Å². The molecule has 5 nitrogen and oxygen atoms in total. The van der Waals surface area contributed by atoms with Crippen molar-refractivity contribution < 1.29 is 27.5 Å². The van der Waals surface area contributed by atoms with E-state index in [9.17, 15) is 22.8 Å². The summed E-state index contributed by atoms with van der Waals surface area (Å²) >= 11 is 1.79. The first-order chi connectivity index (χ1) is 12.8. The number of carbonyl (C=O) groups excluding carboxylic acids is 2. The highest BCUT2D eigenvalue weighted by molar-refractivity contribution is 14.1. The van der Waals surface area contributed by atoms with E-state index in [4.69, 9.17) is 4.74 Å². The Bertz CT molecular complexity index is 739. The highest BCUT2D eigenvalue weighted by Crippen LogP contribution is 2.34. The number of carbonyl (C=O) groups is 2. The highest BCUT2D eigenvalue weighted by atomic mass is 127. The fourth-order valence-electron chi connectivity index (χ4n) is 3.05. The molecule has 0 unspecified atom stereocenters. The van der Waals surface area contributed by atoms with Crippen LogP contribution in [-0.2, 0) is 10.9 Å². The van der Waals surface area contributed by atoms with E-state index in [-0.39, 0.29) is 24.7 Å².